The van der Waals surface area contributed by atoms with E-state index in [4.69, 9.17) is 0 Å². The topological polar surface area (TPSA) is 13.0 Å². The molecule has 3 aliphatic rings. The summed E-state index contributed by atoms with van der Waals surface area (Å²) in [6, 6.07) is 28.3. The molecule has 47 heavy (non-hydrogen) atoms. The van der Waals surface area contributed by atoms with Crippen LogP contribution in [0, 0.1) is 0 Å². The molecule has 3 aliphatic heterocycles. The maximum atomic E-state index is 3.06. The molecule has 3 aromatic rings. The van der Waals surface area contributed by atoms with Gasteiger partial charge in [0.15, 0.2) is 0 Å². The molecule has 0 unspecified atom stereocenters. The fraction of sp³-hybridized carbons (Fsp3) is 0.538. The van der Waals surface area contributed by atoms with Crippen LogP contribution in [0.3, 0.4) is 0 Å². The van der Waals surface area contributed by atoms with Crippen molar-refractivity contribution in [2.24, 2.45) is 0 Å². The van der Waals surface area contributed by atoms with Gasteiger partial charge in [-0.25, -0.2) is 0 Å². The summed E-state index contributed by atoms with van der Waals surface area (Å²) in [6.07, 6.45) is 3.50. The van der Waals surface area contributed by atoms with Crippen molar-refractivity contribution < 1.29 is 0 Å². The van der Waals surface area contributed by atoms with Gasteiger partial charge in [0.1, 0.15) is 0 Å². The van der Waals surface area contributed by atoms with Crippen LogP contribution >= 0.6 is 23.8 Å². The predicted octanol–water partition coefficient (Wildman–Crippen LogP) is 12.4. The zero-order chi connectivity index (χ0) is 34.2. The minimum atomic E-state index is -2.87. The summed E-state index contributed by atoms with van der Waals surface area (Å²) in [7, 11) is -0.662. The Hall–Kier alpha value is -1.21. The van der Waals surface area contributed by atoms with Crippen molar-refractivity contribution in [3.63, 3.8) is 0 Å². The van der Waals surface area contributed by atoms with E-state index in [1.807, 2.05) is 0 Å². The summed E-state index contributed by atoms with van der Waals surface area (Å²) in [5, 5.41) is 0. The van der Waals surface area contributed by atoms with E-state index < -0.39 is 16.9 Å². The van der Waals surface area contributed by atoms with Gasteiger partial charge >= 0.3 is 299 Å². The van der Waals surface area contributed by atoms with Crippen molar-refractivity contribution >= 4 is 74.8 Å². The van der Waals surface area contributed by atoms with Crippen molar-refractivity contribution in [1.82, 2.24) is 0 Å². The molecule has 0 N–H and O–H groups in total. The Morgan fingerprint density at radius 1 is 0.383 bits per heavy atom. The van der Waals surface area contributed by atoms with Gasteiger partial charge < -0.3 is 0 Å². The Labute approximate surface area is 297 Å². The Morgan fingerprint density at radius 3 is 0.809 bits per heavy atom. The van der Waals surface area contributed by atoms with Crippen molar-refractivity contribution in [3.8, 4) is 0 Å². The number of nitrogens with zero attached hydrogens (tertiary/aromatic N) is 4. The Morgan fingerprint density at radius 2 is 0.596 bits per heavy atom. The van der Waals surface area contributed by atoms with E-state index in [2.05, 4.69) is 172 Å². The third-order valence-corrected chi connectivity index (χ3v) is 28.3. The third-order valence-electron chi connectivity index (χ3n) is 10.1. The van der Waals surface area contributed by atoms with Gasteiger partial charge in [0.05, 0.1) is 0 Å². The molecule has 4 nitrogen and oxygen atoms in total. The van der Waals surface area contributed by atoms with Crippen molar-refractivity contribution in [2.45, 2.75) is 117 Å². The second-order valence-corrected chi connectivity index (χ2v) is 30.6. The van der Waals surface area contributed by atoms with Crippen LogP contribution in [0.2, 0.25) is 0 Å². The summed E-state index contributed by atoms with van der Waals surface area (Å²) in [5.41, 5.74) is 12.4. The Kier molecular flexibility index (Phi) is 12.4. The molecule has 8 heteroatoms. The molecule has 0 amide bonds. The first-order chi connectivity index (χ1) is 22.3. The average molecular weight is 748 g/mol. The maximum absolute atomic E-state index is 3.06. The van der Waals surface area contributed by atoms with Gasteiger partial charge in [0.2, 0.25) is 0 Å². The van der Waals surface area contributed by atoms with Crippen LogP contribution in [0.25, 0.3) is 0 Å². The van der Waals surface area contributed by atoms with Gasteiger partial charge in [0.25, 0.3) is 0 Å². The molecule has 0 spiro atoms. The number of anilines is 6. The normalized spacial score (nSPS) is 14.9. The first-order valence-corrected chi connectivity index (χ1v) is 26.2. The molecular formula is C39H60GaN4P3. The molecule has 254 valence electrons. The number of hydrogen-bond acceptors (Lipinski definition) is 4. The molecule has 0 aliphatic carbocycles. The molecule has 0 fully saturated rings. The minimum absolute atomic E-state index is 0.221. The molecule has 0 saturated carbocycles. The van der Waals surface area contributed by atoms with E-state index in [1.54, 1.807) is 0 Å². The molecule has 2 bridgehead atoms. The van der Waals surface area contributed by atoms with Crippen LogP contribution in [0.5, 0.6) is 0 Å². The van der Waals surface area contributed by atoms with Crippen molar-refractivity contribution in [3.05, 3.63) is 72.8 Å². The summed E-state index contributed by atoms with van der Waals surface area (Å²) in [5.74, 6) is 0. The van der Waals surface area contributed by atoms with Gasteiger partial charge in [-0.15, -0.1) is 0 Å². The van der Waals surface area contributed by atoms with Gasteiger partial charge in [0, 0.05) is 0 Å². The molecule has 0 saturated heterocycles. The van der Waals surface area contributed by atoms with Crippen LogP contribution in [0.1, 0.15) is 83.1 Å². The van der Waals surface area contributed by atoms with Crippen LogP contribution in [0.4, 0.5) is 34.1 Å². The van der Waals surface area contributed by atoms with Crippen LogP contribution in [-0.4, -0.2) is 69.8 Å². The summed E-state index contributed by atoms with van der Waals surface area (Å²) >= 11 is -2.87. The van der Waals surface area contributed by atoms with E-state index in [1.165, 1.54) is 53.0 Å². The van der Waals surface area contributed by atoms with Crippen LogP contribution in [0.15, 0.2) is 72.8 Å². The fourth-order valence-electron chi connectivity index (χ4n) is 7.70. The predicted molar refractivity (Wildman–Crippen MR) is 220 cm³/mol. The van der Waals surface area contributed by atoms with E-state index in [0.29, 0.717) is 34.0 Å². The fourth-order valence-corrected chi connectivity index (χ4v) is 26.6. The van der Waals surface area contributed by atoms with Crippen LogP contribution in [-0.2, 0) is 0 Å². The van der Waals surface area contributed by atoms with Gasteiger partial charge in [-0.05, 0) is 0 Å². The zero-order valence-electron chi connectivity index (χ0n) is 31.2. The summed E-state index contributed by atoms with van der Waals surface area (Å²) in [6.45, 7) is 29.8. The summed E-state index contributed by atoms with van der Waals surface area (Å²) < 4.78 is 9.19. The number of benzene rings is 3. The van der Waals surface area contributed by atoms with E-state index in [9.17, 15) is 0 Å². The van der Waals surface area contributed by atoms with E-state index in [0.717, 1.165) is 0 Å². The quantitative estimate of drug-likeness (QED) is 0.135. The van der Waals surface area contributed by atoms with Crippen molar-refractivity contribution in [1.29, 1.82) is 0 Å². The van der Waals surface area contributed by atoms with Gasteiger partial charge in [-0.2, -0.15) is 0 Å². The van der Waals surface area contributed by atoms with Gasteiger partial charge in [-0.1, -0.05) is 0 Å². The SMILES string of the molecule is CC(C)P(C[N]1c2ccccc2N2c3ccccc3[N](CP(C(C)C)C(C)C)[Ga]1[N](CP(C(C)C)C(C)C)c1ccccc12)C(C)C. The van der Waals surface area contributed by atoms with Gasteiger partial charge in [-0.3, -0.25) is 0 Å². The molecule has 0 radical (unpaired) electrons. The molecule has 6 rings (SSSR count). The zero-order valence-corrected chi connectivity index (χ0v) is 36.3. The molecule has 3 aromatic carbocycles. The molecule has 0 atom stereocenters. The standard InChI is InChI=1S/C39H60N4P3.Ga/c1-28(2)44(29(3)4)25-40-34-19-13-16-22-37(34)43(38-23-17-14-20-35(38)41-26-45(30(5)6)31(7)8)39-24-18-15-21-36(39)42-27-46(32(9)10)33(11)12;/h13-24,28-33H,25-27H2,1-12H3;/q-3;+3. The first kappa shape index (κ1) is 37.1. The third kappa shape index (κ3) is 7.61. The monoisotopic (exact) mass is 746 g/mol. The molecule has 3 heterocycles. The van der Waals surface area contributed by atoms with Crippen LogP contribution < -0.4 is 15.7 Å². The molecular weight excluding hydrogens is 687 g/mol. The number of para-hydroxylation sites is 6. The molecule has 0 aromatic heterocycles. The number of hydrogen-bond donors (Lipinski definition) is 0. The van der Waals surface area contributed by atoms with E-state index >= 15 is 0 Å². The Balaban J connectivity index is 1.90. The first-order valence-electron chi connectivity index (χ1n) is 18.0. The van der Waals surface area contributed by atoms with E-state index in [-0.39, 0.29) is 23.8 Å². The Bertz CT molecular complexity index is 1280. The summed E-state index contributed by atoms with van der Waals surface area (Å²) in [4.78, 5) is 2.64. The average Bonchev–Trinajstić information content (AvgIpc) is 3.00. The second kappa shape index (κ2) is 15.8. The van der Waals surface area contributed by atoms with Crippen molar-refractivity contribution in [2.75, 3.05) is 34.6 Å². The number of rotatable bonds is 12. The second-order valence-electron chi connectivity index (χ2n) is 15.1.